The van der Waals surface area contributed by atoms with E-state index >= 15 is 0 Å². The van der Waals surface area contributed by atoms with Gasteiger partial charge in [0.05, 0.1) is 10.6 Å². The fraction of sp³-hybridized carbons (Fsp3) is 0.231. The van der Waals surface area contributed by atoms with Gasteiger partial charge in [-0.05, 0) is 19.9 Å². The van der Waals surface area contributed by atoms with Crippen LogP contribution < -0.4 is 0 Å². The second-order valence-electron chi connectivity index (χ2n) is 4.24. The van der Waals surface area contributed by atoms with E-state index in [1.165, 1.54) is 6.07 Å². The molecule has 0 aliphatic rings. The molecule has 0 amide bonds. The van der Waals surface area contributed by atoms with E-state index in [2.05, 4.69) is 5.16 Å². The SMILES string of the molecule is Cc1cc(COC(=O)c2cccc(C)c2[N+](=O)[O-])on1. The molecule has 1 aromatic carbocycles. The van der Waals surface area contributed by atoms with Crippen molar-refractivity contribution in [3.8, 4) is 0 Å². The molecule has 7 heteroatoms. The molecule has 0 fully saturated rings. The number of carbonyl (C=O) groups excluding carboxylic acids is 1. The summed E-state index contributed by atoms with van der Waals surface area (Å²) in [6.45, 7) is 3.18. The Kier molecular flexibility index (Phi) is 3.79. The van der Waals surface area contributed by atoms with E-state index < -0.39 is 10.9 Å². The zero-order valence-corrected chi connectivity index (χ0v) is 11.0. The summed E-state index contributed by atoms with van der Waals surface area (Å²) in [5, 5.41) is 14.6. The Bertz CT molecular complexity index is 663. The van der Waals surface area contributed by atoms with E-state index in [0.29, 0.717) is 17.0 Å². The molecular formula is C13H12N2O5. The smallest absolute Gasteiger partial charge is 0.345 e. The minimum Gasteiger partial charge on any atom is -0.454 e. The molecule has 0 atom stereocenters. The Morgan fingerprint density at radius 1 is 1.45 bits per heavy atom. The first kappa shape index (κ1) is 13.7. The number of benzene rings is 1. The van der Waals surface area contributed by atoms with Crippen LogP contribution in [0.1, 0.15) is 27.4 Å². The maximum absolute atomic E-state index is 11.9. The molecule has 0 aliphatic carbocycles. The summed E-state index contributed by atoms with van der Waals surface area (Å²) >= 11 is 0. The normalized spacial score (nSPS) is 10.3. The molecule has 0 saturated carbocycles. The zero-order chi connectivity index (χ0) is 14.7. The highest BCUT2D eigenvalue weighted by Gasteiger charge is 2.23. The maximum atomic E-state index is 11.9. The van der Waals surface area contributed by atoms with Gasteiger partial charge in [-0.25, -0.2) is 4.79 Å². The number of carbonyl (C=O) groups is 1. The van der Waals surface area contributed by atoms with Gasteiger partial charge >= 0.3 is 5.97 Å². The zero-order valence-electron chi connectivity index (χ0n) is 11.0. The van der Waals surface area contributed by atoms with E-state index in [1.807, 2.05) is 0 Å². The fourth-order valence-electron chi connectivity index (χ4n) is 1.76. The Morgan fingerprint density at radius 3 is 2.80 bits per heavy atom. The monoisotopic (exact) mass is 276 g/mol. The molecule has 0 spiro atoms. The third-order valence-electron chi connectivity index (χ3n) is 2.66. The molecule has 0 saturated heterocycles. The summed E-state index contributed by atoms with van der Waals surface area (Å²) in [7, 11) is 0. The number of nitrogens with zero attached hydrogens (tertiary/aromatic N) is 2. The Balaban J connectivity index is 2.17. The van der Waals surface area contributed by atoms with Crippen LogP contribution in [0.3, 0.4) is 0 Å². The summed E-state index contributed by atoms with van der Waals surface area (Å²) < 4.78 is 9.89. The molecule has 2 rings (SSSR count). The molecule has 104 valence electrons. The highest BCUT2D eigenvalue weighted by Crippen LogP contribution is 2.24. The molecule has 0 unspecified atom stereocenters. The Labute approximate surface area is 114 Å². The van der Waals surface area contributed by atoms with Crippen LogP contribution in [0.25, 0.3) is 0 Å². The summed E-state index contributed by atoms with van der Waals surface area (Å²) in [6, 6.07) is 6.11. The Hall–Kier alpha value is -2.70. The van der Waals surface area contributed by atoms with Gasteiger partial charge in [0.2, 0.25) is 0 Å². The average molecular weight is 276 g/mol. The second kappa shape index (κ2) is 5.52. The minimum absolute atomic E-state index is 0.0776. The number of hydrogen-bond donors (Lipinski definition) is 0. The van der Waals surface area contributed by atoms with Gasteiger partial charge in [0.25, 0.3) is 5.69 Å². The molecule has 0 radical (unpaired) electrons. The first-order chi connectivity index (χ1) is 9.49. The molecule has 7 nitrogen and oxygen atoms in total. The molecule has 0 N–H and O–H groups in total. The van der Waals surface area contributed by atoms with Crippen LogP contribution in [0.5, 0.6) is 0 Å². The van der Waals surface area contributed by atoms with Gasteiger partial charge in [0.1, 0.15) is 5.56 Å². The van der Waals surface area contributed by atoms with Crippen LogP contribution >= 0.6 is 0 Å². The maximum Gasteiger partial charge on any atom is 0.345 e. The van der Waals surface area contributed by atoms with Gasteiger partial charge in [0, 0.05) is 11.6 Å². The van der Waals surface area contributed by atoms with E-state index in [9.17, 15) is 14.9 Å². The molecule has 0 aliphatic heterocycles. The van der Waals surface area contributed by atoms with Gasteiger partial charge in [-0.2, -0.15) is 0 Å². The number of aryl methyl sites for hydroxylation is 2. The van der Waals surface area contributed by atoms with Crippen LogP contribution in [-0.2, 0) is 11.3 Å². The molecule has 1 heterocycles. The van der Waals surface area contributed by atoms with Crippen molar-refractivity contribution in [2.45, 2.75) is 20.5 Å². The van der Waals surface area contributed by atoms with Crippen LogP contribution in [0, 0.1) is 24.0 Å². The minimum atomic E-state index is -0.769. The molecule has 2 aromatic rings. The van der Waals surface area contributed by atoms with Crippen molar-refractivity contribution in [2.75, 3.05) is 0 Å². The van der Waals surface area contributed by atoms with Crippen LogP contribution in [-0.4, -0.2) is 16.0 Å². The largest absolute Gasteiger partial charge is 0.454 e. The lowest BCUT2D eigenvalue weighted by Gasteiger charge is -2.05. The van der Waals surface area contributed by atoms with E-state index in [4.69, 9.17) is 9.26 Å². The van der Waals surface area contributed by atoms with E-state index in [0.717, 1.165) is 0 Å². The fourth-order valence-corrected chi connectivity index (χ4v) is 1.76. The van der Waals surface area contributed by atoms with Gasteiger partial charge in [0.15, 0.2) is 12.4 Å². The van der Waals surface area contributed by atoms with Gasteiger partial charge < -0.3 is 9.26 Å². The first-order valence-electron chi connectivity index (χ1n) is 5.82. The number of esters is 1. The van der Waals surface area contributed by atoms with Gasteiger partial charge in [-0.1, -0.05) is 17.3 Å². The number of hydrogen-bond acceptors (Lipinski definition) is 6. The summed E-state index contributed by atoms with van der Waals surface area (Å²) in [4.78, 5) is 22.3. The molecule has 20 heavy (non-hydrogen) atoms. The lowest BCUT2D eigenvalue weighted by molar-refractivity contribution is -0.385. The summed E-state index contributed by atoms with van der Waals surface area (Å²) in [5.41, 5.74) is 0.745. The first-order valence-corrected chi connectivity index (χ1v) is 5.82. The van der Waals surface area contributed by atoms with Crippen molar-refractivity contribution in [2.24, 2.45) is 0 Å². The predicted octanol–water partition coefficient (Wildman–Crippen LogP) is 2.56. The van der Waals surface area contributed by atoms with Crippen molar-refractivity contribution in [1.29, 1.82) is 0 Å². The van der Waals surface area contributed by atoms with E-state index in [1.54, 1.807) is 32.0 Å². The predicted molar refractivity (Wildman–Crippen MR) is 68.2 cm³/mol. The van der Waals surface area contributed by atoms with Crippen LogP contribution in [0.2, 0.25) is 0 Å². The second-order valence-corrected chi connectivity index (χ2v) is 4.24. The van der Waals surface area contributed by atoms with Gasteiger partial charge in [-0.15, -0.1) is 0 Å². The topological polar surface area (TPSA) is 95.5 Å². The van der Waals surface area contributed by atoms with Crippen molar-refractivity contribution < 1.29 is 19.0 Å². The summed E-state index contributed by atoms with van der Waals surface area (Å²) in [6.07, 6.45) is 0. The van der Waals surface area contributed by atoms with Gasteiger partial charge in [-0.3, -0.25) is 10.1 Å². The average Bonchev–Trinajstić information content (AvgIpc) is 2.81. The number of rotatable bonds is 4. The quantitative estimate of drug-likeness (QED) is 0.483. The van der Waals surface area contributed by atoms with Crippen molar-refractivity contribution >= 4 is 11.7 Å². The Morgan fingerprint density at radius 2 is 2.20 bits per heavy atom. The third kappa shape index (κ3) is 2.82. The number of aromatic nitrogens is 1. The highest BCUT2D eigenvalue weighted by molar-refractivity contribution is 5.94. The summed E-state index contributed by atoms with van der Waals surface area (Å²) in [5.74, 6) is -0.388. The van der Waals surface area contributed by atoms with E-state index in [-0.39, 0.29) is 17.9 Å². The highest BCUT2D eigenvalue weighted by atomic mass is 16.6. The van der Waals surface area contributed by atoms with Crippen molar-refractivity contribution in [3.63, 3.8) is 0 Å². The lowest BCUT2D eigenvalue weighted by Crippen LogP contribution is -2.09. The number of ether oxygens (including phenoxy) is 1. The standard InChI is InChI=1S/C13H12N2O5/c1-8-4-3-5-11(12(8)15(17)18)13(16)19-7-10-6-9(2)14-20-10/h3-6H,7H2,1-2H3. The van der Waals surface area contributed by atoms with Crippen LogP contribution in [0.15, 0.2) is 28.8 Å². The molecule has 0 bridgehead atoms. The number of nitro benzene ring substituents is 1. The van der Waals surface area contributed by atoms with Crippen LogP contribution in [0.4, 0.5) is 5.69 Å². The lowest BCUT2D eigenvalue weighted by atomic mass is 10.1. The molecule has 1 aromatic heterocycles. The number of para-hydroxylation sites is 1. The number of nitro groups is 1. The van der Waals surface area contributed by atoms with Crippen molar-refractivity contribution in [3.05, 3.63) is 57.0 Å². The third-order valence-corrected chi connectivity index (χ3v) is 2.66. The molecular weight excluding hydrogens is 264 g/mol. The van der Waals surface area contributed by atoms with Crippen molar-refractivity contribution in [1.82, 2.24) is 5.16 Å².